The molecule has 0 bridgehead atoms. The quantitative estimate of drug-likeness (QED) is 0.398. The van der Waals surface area contributed by atoms with E-state index in [4.69, 9.17) is 0 Å². The predicted octanol–water partition coefficient (Wildman–Crippen LogP) is 1.13. The van der Waals surface area contributed by atoms with Crippen LogP contribution in [0.2, 0.25) is 0 Å². The van der Waals surface area contributed by atoms with Crippen LogP contribution >= 0.6 is 12.6 Å². The van der Waals surface area contributed by atoms with E-state index >= 15 is 0 Å². The van der Waals surface area contributed by atoms with Gasteiger partial charge < -0.3 is 0 Å². The second kappa shape index (κ2) is 4.45. The van der Waals surface area contributed by atoms with E-state index in [0.717, 1.165) is 4.90 Å². The summed E-state index contributed by atoms with van der Waals surface area (Å²) in [6.45, 7) is 0. The summed E-state index contributed by atoms with van der Waals surface area (Å²) in [5.74, 6) is 0. The summed E-state index contributed by atoms with van der Waals surface area (Å²) < 4.78 is 0. The van der Waals surface area contributed by atoms with Crippen LogP contribution in [0, 0.1) is 6.07 Å². The van der Waals surface area contributed by atoms with Gasteiger partial charge in [-0.3, -0.25) is 0 Å². The van der Waals surface area contributed by atoms with Crippen LogP contribution in [0.3, 0.4) is 0 Å². The molecule has 0 nitrogen and oxygen atoms in total. The Morgan fingerprint density at radius 1 is 1.50 bits per heavy atom. The molecule has 0 amide bonds. The second-order valence-corrected chi connectivity index (χ2v) is 1.78. The summed E-state index contributed by atoms with van der Waals surface area (Å²) in [4.78, 5) is 0.961. The first kappa shape index (κ1) is 8.57. The first-order chi connectivity index (χ1) is 3.39. The van der Waals surface area contributed by atoms with Crippen LogP contribution < -0.4 is 0 Å². The molecule has 0 aliphatic rings. The Morgan fingerprint density at radius 3 is 2.50 bits per heavy atom. The van der Waals surface area contributed by atoms with Crippen molar-refractivity contribution in [2.24, 2.45) is 0 Å². The van der Waals surface area contributed by atoms with E-state index in [1.807, 2.05) is 24.3 Å². The van der Waals surface area contributed by atoms with Crippen molar-refractivity contribution in [2.75, 3.05) is 0 Å². The molecule has 37 valence electrons. The monoisotopic (exact) mass is 133 g/mol. The Bertz CT molecular complexity index is 138. The Kier molecular flexibility index (Phi) is 4.77. The first-order valence-electron chi connectivity index (χ1n) is 2.04. The second-order valence-electron chi connectivity index (χ2n) is 1.26. The van der Waals surface area contributed by atoms with Crippen LogP contribution in [0.1, 0.15) is 0 Å². The third-order valence-electron chi connectivity index (χ3n) is 0.691. The zero-order valence-corrected chi connectivity index (χ0v) is 4.65. The van der Waals surface area contributed by atoms with Crippen LogP contribution in [0.15, 0.2) is 29.2 Å². The van der Waals surface area contributed by atoms with E-state index in [-0.39, 0.29) is 29.6 Å². The van der Waals surface area contributed by atoms with E-state index in [1.165, 1.54) is 0 Å². The molecule has 0 aromatic heterocycles. The molecule has 0 heterocycles. The van der Waals surface area contributed by atoms with Crippen LogP contribution in [0.4, 0.5) is 0 Å². The van der Waals surface area contributed by atoms with Gasteiger partial charge in [0.25, 0.3) is 0 Å². The third kappa shape index (κ3) is 2.78. The van der Waals surface area contributed by atoms with Gasteiger partial charge in [-0.2, -0.15) is 0 Å². The van der Waals surface area contributed by atoms with Crippen molar-refractivity contribution in [2.45, 2.75) is 4.90 Å². The van der Waals surface area contributed by atoms with Crippen LogP contribution in [-0.4, -0.2) is 29.6 Å². The van der Waals surface area contributed by atoms with E-state index in [0.29, 0.717) is 0 Å². The molecule has 1 radical (unpaired) electrons. The van der Waals surface area contributed by atoms with Gasteiger partial charge in [0.05, 0.1) is 0 Å². The van der Waals surface area contributed by atoms with Crippen molar-refractivity contribution in [1.29, 1.82) is 0 Å². The van der Waals surface area contributed by atoms with E-state index < -0.39 is 0 Å². The molecule has 0 fully saturated rings. The van der Waals surface area contributed by atoms with E-state index in [1.54, 1.807) is 0 Å². The van der Waals surface area contributed by atoms with Crippen molar-refractivity contribution in [3.05, 3.63) is 30.3 Å². The molecule has 0 atom stereocenters. The van der Waals surface area contributed by atoms with Crippen molar-refractivity contribution in [3.63, 3.8) is 0 Å². The summed E-state index contributed by atoms with van der Waals surface area (Å²) >= 11 is 4.05. The van der Waals surface area contributed by atoms with Gasteiger partial charge in [-0.1, -0.05) is 12.1 Å². The number of rotatable bonds is 0. The molecule has 8 heavy (non-hydrogen) atoms. The van der Waals surface area contributed by atoms with Crippen molar-refractivity contribution in [3.8, 4) is 0 Å². The topological polar surface area (TPSA) is 0 Å². The number of hydrogen-bond acceptors (Lipinski definition) is 1. The average molecular weight is 133 g/mol. The molecule has 1 rings (SSSR count). The summed E-state index contributed by atoms with van der Waals surface area (Å²) in [7, 11) is 0. The molecule has 0 saturated carbocycles. The van der Waals surface area contributed by atoms with Gasteiger partial charge in [-0.25, -0.2) is 0 Å². The molecule has 0 saturated heterocycles. The molecule has 0 spiro atoms. The standard InChI is InChI=1S/C6H5S.Na.H/c7-6-4-2-1-3-5-6;;/h1-2,4-5,7H;;. The number of thiol groups is 1. The summed E-state index contributed by atoms with van der Waals surface area (Å²) in [5, 5.41) is 0. The van der Waals surface area contributed by atoms with Gasteiger partial charge >= 0.3 is 29.6 Å². The molecule has 1 aromatic rings. The third-order valence-corrected chi connectivity index (χ3v) is 0.969. The first-order valence-corrected chi connectivity index (χ1v) is 2.49. The molecule has 0 aliphatic carbocycles. The summed E-state index contributed by atoms with van der Waals surface area (Å²) in [5.41, 5.74) is 0. The van der Waals surface area contributed by atoms with Crippen molar-refractivity contribution >= 4 is 42.2 Å². The predicted molar refractivity (Wildman–Crippen MR) is 39.7 cm³/mol. The minimum atomic E-state index is 0. The van der Waals surface area contributed by atoms with Crippen molar-refractivity contribution < 1.29 is 0 Å². The molecular formula is C6H6NaS. The van der Waals surface area contributed by atoms with Gasteiger partial charge in [0.2, 0.25) is 0 Å². The minimum absolute atomic E-state index is 0. The fraction of sp³-hybridized carbons (Fsp3) is 0. The van der Waals surface area contributed by atoms with Crippen LogP contribution in [0.25, 0.3) is 0 Å². The Balaban J connectivity index is 0.000000490. The Hall–Kier alpha value is 0.570. The van der Waals surface area contributed by atoms with Crippen molar-refractivity contribution in [1.82, 2.24) is 0 Å². The molecular weight excluding hydrogens is 127 g/mol. The molecule has 0 unspecified atom stereocenters. The molecule has 0 N–H and O–H groups in total. The van der Waals surface area contributed by atoms with Gasteiger partial charge in [-0.15, -0.1) is 12.6 Å². The van der Waals surface area contributed by atoms with Gasteiger partial charge in [-0.05, 0) is 18.2 Å². The maximum atomic E-state index is 4.05. The zero-order valence-electron chi connectivity index (χ0n) is 3.76. The SMILES string of the molecule is Sc1c[c]ccc1.[NaH]. The Labute approximate surface area is 77.0 Å². The fourth-order valence-corrected chi connectivity index (χ4v) is 0.544. The van der Waals surface area contributed by atoms with Crippen LogP contribution in [-0.2, 0) is 0 Å². The Morgan fingerprint density at radius 2 is 2.25 bits per heavy atom. The molecule has 0 aliphatic heterocycles. The number of hydrogen-bond donors (Lipinski definition) is 1. The average Bonchev–Trinajstić information content (AvgIpc) is 1.69. The zero-order chi connectivity index (χ0) is 5.11. The van der Waals surface area contributed by atoms with E-state index in [2.05, 4.69) is 18.7 Å². The van der Waals surface area contributed by atoms with Crippen LogP contribution in [0.5, 0.6) is 0 Å². The molecule has 2 heteroatoms. The summed E-state index contributed by atoms with van der Waals surface area (Å²) in [6, 6.07) is 10.4. The van der Waals surface area contributed by atoms with Gasteiger partial charge in [0, 0.05) is 4.90 Å². The maximum absolute atomic E-state index is 4.05. The normalized spacial score (nSPS) is 7.62. The van der Waals surface area contributed by atoms with Gasteiger partial charge in [0.15, 0.2) is 0 Å². The molecule has 1 aromatic carbocycles. The van der Waals surface area contributed by atoms with E-state index in [9.17, 15) is 0 Å². The van der Waals surface area contributed by atoms with Gasteiger partial charge in [0.1, 0.15) is 0 Å². The fourth-order valence-electron chi connectivity index (χ4n) is 0.384. The number of benzene rings is 1. The summed E-state index contributed by atoms with van der Waals surface area (Å²) in [6.07, 6.45) is 0.